The number of amides is 2. The molecule has 1 saturated carbocycles. The van der Waals surface area contributed by atoms with E-state index in [1.807, 2.05) is 12.1 Å². The topological polar surface area (TPSA) is 80.4 Å². The van der Waals surface area contributed by atoms with E-state index in [2.05, 4.69) is 10.4 Å². The van der Waals surface area contributed by atoms with Crippen molar-refractivity contribution in [3.63, 3.8) is 0 Å². The molecule has 3 heterocycles. The van der Waals surface area contributed by atoms with Crippen LogP contribution < -0.4 is 5.32 Å². The van der Waals surface area contributed by atoms with Crippen LogP contribution in [0.4, 0.5) is 0 Å². The van der Waals surface area contributed by atoms with Crippen LogP contribution in [0.1, 0.15) is 36.8 Å². The summed E-state index contributed by atoms with van der Waals surface area (Å²) in [5.41, 5.74) is 0.895. The number of nitrogens with one attached hydrogen (secondary N) is 1. The Hall–Kier alpha value is -2.57. The Morgan fingerprint density at radius 2 is 2.21 bits per heavy atom. The van der Waals surface area contributed by atoms with Crippen LogP contribution in [0.3, 0.4) is 0 Å². The standard InChI is InChI=1S/C17H20N4O3/c22-16(18-9-14-5-2-8-24-14)15-11-20(17(23)12-3-1-4-12)10-13-6-7-19-21(13)15/h2,5-8,12,15H,1,3-4,9-11H2,(H,18,22)/t15-/m0/s1. The predicted molar refractivity (Wildman–Crippen MR) is 84.6 cm³/mol. The molecule has 0 spiro atoms. The molecular formula is C17H20N4O3. The maximum absolute atomic E-state index is 12.6. The van der Waals surface area contributed by atoms with Gasteiger partial charge < -0.3 is 14.6 Å². The molecule has 0 saturated heterocycles. The zero-order valence-electron chi connectivity index (χ0n) is 13.4. The fourth-order valence-electron chi connectivity index (χ4n) is 3.27. The predicted octanol–water partition coefficient (Wildman–Crippen LogP) is 1.48. The van der Waals surface area contributed by atoms with Gasteiger partial charge in [0, 0.05) is 12.1 Å². The Labute approximate surface area is 139 Å². The van der Waals surface area contributed by atoms with E-state index >= 15 is 0 Å². The molecule has 0 radical (unpaired) electrons. The molecule has 4 rings (SSSR count). The fourth-order valence-corrected chi connectivity index (χ4v) is 3.27. The summed E-state index contributed by atoms with van der Waals surface area (Å²) in [6.07, 6.45) is 6.30. The maximum Gasteiger partial charge on any atom is 0.247 e. The zero-order chi connectivity index (χ0) is 16.5. The Morgan fingerprint density at radius 1 is 1.33 bits per heavy atom. The molecular weight excluding hydrogens is 308 g/mol. The molecule has 2 amide bonds. The van der Waals surface area contributed by atoms with E-state index < -0.39 is 6.04 Å². The molecule has 7 heteroatoms. The first-order valence-corrected chi connectivity index (χ1v) is 8.33. The molecule has 2 aromatic rings. The van der Waals surface area contributed by atoms with E-state index in [0.29, 0.717) is 25.4 Å². The SMILES string of the molecule is O=C(NCc1ccco1)[C@@H]1CN(C(=O)C2CCC2)Cc2ccnn21. The number of nitrogens with zero attached hydrogens (tertiary/aromatic N) is 3. The van der Waals surface area contributed by atoms with Gasteiger partial charge >= 0.3 is 0 Å². The van der Waals surface area contributed by atoms with Crippen LogP contribution in [0.2, 0.25) is 0 Å². The highest BCUT2D eigenvalue weighted by Gasteiger charge is 2.36. The third-order valence-electron chi connectivity index (χ3n) is 4.88. The average molecular weight is 328 g/mol. The first-order chi connectivity index (χ1) is 11.7. The molecule has 2 aliphatic rings. The molecule has 0 unspecified atom stereocenters. The van der Waals surface area contributed by atoms with Gasteiger partial charge in [0.1, 0.15) is 11.8 Å². The van der Waals surface area contributed by atoms with E-state index in [4.69, 9.17) is 4.42 Å². The van der Waals surface area contributed by atoms with Gasteiger partial charge in [0.05, 0.1) is 31.6 Å². The summed E-state index contributed by atoms with van der Waals surface area (Å²) >= 11 is 0. The van der Waals surface area contributed by atoms with Gasteiger partial charge in [-0.05, 0) is 31.0 Å². The number of rotatable bonds is 4. The lowest BCUT2D eigenvalue weighted by Gasteiger charge is -2.37. The second kappa shape index (κ2) is 6.14. The Morgan fingerprint density at radius 3 is 2.92 bits per heavy atom. The third kappa shape index (κ3) is 2.70. The monoisotopic (exact) mass is 328 g/mol. The molecule has 126 valence electrons. The number of carbonyl (C=O) groups is 2. The van der Waals surface area contributed by atoms with Crippen LogP contribution in [0, 0.1) is 5.92 Å². The minimum Gasteiger partial charge on any atom is -0.467 e. The summed E-state index contributed by atoms with van der Waals surface area (Å²) in [6, 6.07) is 4.97. The van der Waals surface area contributed by atoms with Crippen LogP contribution >= 0.6 is 0 Å². The lowest BCUT2D eigenvalue weighted by molar-refractivity contribution is -0.141. The number of fused-ring (bicyclic) bond motifs is 1. The van der Waals surface area contributed by atoms with E-state index in [-0.39, 0.29) is 17.7 Å². The Balaban J connectivity index is 1.48. The van der Waals surface area contributed by atoms with Crippen LogP contribution in [0.5, 0.6) is 0 Å². The molecule has 1 aliphatic heterocycles. The quantitative estimate of drug-likeness (QED) is 0.922. The van der Waals surface area contributed by atoms with Crippen LogP contribution in [0.15, 0.2) is 35.1 Å². The highest BCUT2D eigenvalue weighted by Crippen LogP contribution is 2.31. The molecule has 1 fully saturated rings. The molecule has 0 aromatic carbocycles. The van der Waals surface area contributed by atoms with Gasteiger partial charge in [-0.3, -0.25) is 14.3 Å². The second-order valence-corrected chi connectivity index (χ2v) is 6.43. The highest BCUT2D eigenvalue weighted by molar-refractivity contribution is 5.83. The van der Waals surface area contributed by atoms with Crippen molar-refractivity contribution in [1.29, 1.82) is 0 Å². The summed E-state index contributed by atoms with van der Waals surface area (Å²) in [6.45, 7) is 1.22. The van der Waals surface area contributed by atoms with Gasteiger partial charge in [-0.15, -0.1) is 0 Å². The van der Waals surface area contributed by atoms with Gasteiger partial charge in [-0.2, -0.15) is 5.10 Å². The third-order valence-corrected chi connectivity index (χ3v) is 4.88. The molecule has 1 atom stereocenters. The van der Waals surface area contributed by atoms with Gasteiger partial charge in [0.25, 0.3) is 0 Å². The number of hydrogen-bond acceptors (Lipinski definition) is 4. The van der Waals surface area contributed by atoms with Crippen molar-refractivity contribution in [2.45, 2.75) is 38.4 Å². The van der Waals surface area contributed by atoms with Crippen molar-refractivity contribution < 1.29 is 14.0 Å². The average Bonchev–Trinajstić information content (AvgIpc) is 3.20. The van der Waals surface area contributed by atoms with Crippen molar-refractivity contribution in [2.75, 3.05) is 6.54 Å². The summed E-state index contributed by atoms with van der Waals surface area (Å²) in [5, 5.41) is 7.14. The van der Waals surface area contributed by atoms with Gasteiger partial charge in [0.15, 0.2) is 0 Å². The second-order valence-electron chi connectivity index (χ2n) is 6.43. The zero-order valence-corrected chi connectivity index (χ0v) is 13.4. The van der Waals surface area contributed by atoms with Gasteiger partial charge in [-0.1, -0.05) is 6.42 Å². The van der Waals surface area contributed by atoms with Crippen molar-refractivity contribution in [3.8, 4) is 0 Å². The van der Waals surface area contributed by atoms with Crippen molar-refractivity contribution >= 4 is 11.8 Å². The Kier molecular flexibility index (Phi) is 3.84. The van der Waals surface area contributed by atoms with Gasteiger partial charge in [0.2, 0.25) is 11.8 Å². The summed E-state index contributed by atoms with van der Waals surface area (Å²) in [4.78, 5) is 27.0. The maximum atomic E-state index is 12.6. The van der Waals surface area contributed by atoms with Crippen molar-refractivity contribution in [2.24, 2.45) is 5.92 Å². The van der Waals surface area contributed by atoms with Crippen LogP contribution in [-0.4, -0.2) is 33.0 Å². The molecule has 2 aromatic heterocycles. The van der Waals surface area contributed by atoms with E-state index in [0.717, 1.165) is 25.0 Å². The van der Waals surface area contributed by atoms with E-state index in [9.17, 15) is 9.59 Å². The first kappa shape index (κ1) is 15.0. The molecule has 24 heavy (non-hydrogen) atoms. The first-order valence-electron chi connectivity index (χ1n) is 8.33. The Bertz CT molecular complexity index is 733. The molecule has 1 aliphatic carbocycles. The van der Waals surface area contributed by atoms with Gasteiger partial charge in [-0.25, -0.2) is 0 Å². The minimum atomic E-state index is -0.497. The van der Waals surface area contributed by atoms with E-state index in [1.54, 1.807) is 28.1 Å². The van der Waals surface area contributed by atoms with E-state index in [1.165, 1.54) is 0 Å². The number of carbonyl (C=O) groups excluding carboxylic acids is 2. The highest BCUT2D eigenvalue weighted by atomic mass is 16.3. The fraction of sp³-hybridized carbons (Fsp3) is 0.471. The minimum absolute atomic E-state index is 0.131. The largest absolute Gasteiger partial charge is 0.467 e. The van der Waals surface area contributed by atoms with Crippen molar-refractivity contribution in [1.82, 2.24) is 20.0 Å². The molecule has 0 bridgehead atoms. The number of aromatic nitrogens is 2. The lowest BCUT2D eigenvalue weighted by Crippen LogP contribution is -2.49. The van der Waals surface area contributed by atoms with Crippen molar-refractivity contribution in [3.05, 3.63) is 42.1 Å². The van der Waals surface area contributed by atoms with Crippen LogP contribution in [-0.2, 0) is 22.7 Å². The molecule has 7 nitrogen and oxygen atoms in total. The lowest BCUT2D eigenvalue weighted by atomic mass is 9.84. The summed E-state index contributed by atoms with van der Waals surface area (Å²) < 4.78 is 6.96. The summed E-state index contributed by atoms with van der Waals surface area (Å²) in [7, 11) is 0. The molecule has 1 N–H and O–H groups in total. The van der Waals surface area contributed by atoms with Crippen LogP contribution in [0.25, 0.3) is 0 Å². The summed E-state index contributed by atoms with van der Waals surface area (Å²) in [5.74, 6) is 0.841. The smallest absolute Gasteiger partial charge is 0.247 e. The number of hydrogen-bond donors (Lipinski definition) is 1. The number of furan rings is 1. The normalized spacial score (nSPS) is 20.3.